The number of rotatable bonds is 9. The predicted octanol–water partition coefficient (Wildman–Crippen LogP) is 1.35. The minimum absolute atomic E-state index is 0.0524. The molecule has 0 fully saturated rings. The Morgan fingerprint density at radius 3 is 2.56 bits per heavy atom. The lowest BCUT2D eigenvalue weighted by atomic mass is 10.0. The van der Waals surface area contributed by atoms with Gasteiger partial charge in [-0.2, -0.15) is 0 Å². The van der Waals surface area contributed by atoms with E-state index in [9.17, 15) is 14.4 Å². The summed E-state index contributed by atoms with van der Waals surface area (Å²) in [6.45, 7) is 10.3. The molecule has 2 aromatic heterocycles. The van der Waals surface area contributed by atoms with Gasteiger partial charge < -0.3 is 10.6 Å². The number of aryl methyl sites for hydroxylation is 1. The average Bonchev–Trinajstić information content (AvgIpc) is 2.63. The van der Waals surface area contributed by atoms with Crippen molar-refractivity contribution >= 4 is 16.9 Å². The van der Waals surface area contributed by atoms with Gasteiger partial charge in [0.1, 0.15) is 0 Å². The number of nitrogens with one attached hydrogen (secondary N) is 3. The first-order chi connectivity index (χ1) is 12.9. The molecule has 8 heteroatoms. The van der Waals surface area contributed by atoms with Crippen molar-refractivity contribution in [1.29, 1.82) is 0 Å². The molecule has 1 amide bonds. The Balaban J connectivity index is 2.53. The second kappa shape index (κ2) is 9.45. The maximum Gasteiger partial charge on any atom is 0.329 e. The number of carbonyl (C=O) groups excluding carboxylic acids is 1. The number of hydrogen-bond donors (Lipinski definition) is 3. The minimum atomic E-state index is -0.584. The number of pyridine rings is 1. The third-order valence-corrected chi connectivity index (χ3v) is 4.27. The molecule has 27 heavy (non-hydrogen) atoms. The predicted molar refractivity (Wildman–Crippen MR) is 106 cm³/mol. The van der Waals surface area contributed by atoms with Gasteiger partial charge in [0, 0.05) is 25.3 Å². The number of fused-ring (bicyclic) bond motifs is 1. The van der Waals surface area contributed by atoms with E-state index in [2.05, 4.69) is 27.5 Å². The summed E-state index contributed by atoms with van der Waals surface area (Å²) in [5.74, 6) is -0.286. The number of aromatic amines is 1. The van der Waals surface area contributed by atoms with E-state index >= 15 is 0 Å². The topological polar surface area (TPSA) is 109 Å². The second-order valence-corrected chi connectivity index (χ2v) is 6.86. The zero-order valence-electron chi connectivity index (χ0n) is 16.5. The molecule has 0 aliphatic carbocycles. The van der Waals surface area contributed by atoms with Crippen LogP contribution in [0.5, 0.6) is 0 Å². The van der Waals surface area contributed by atoms with Gasteiger partial charge >= 0.3 is 5.69 Å². The summed E-state index contributed by atoms with van der Waals surface area (Å²) in [7, 11) is 0. The van der Waals surface area contributed by atoms with Crippen molar-refractivity contribution in [2.45, 2.75) is 53.0 Å². The quantitative estimate of drug-likeness (QED) is 0.573. The lowest BCUT2D eigenvalue weighted by Gasteiger charge is -2.14. The zero-order chi connectivity index (χ0) is 20.0. The molecule has 0 saturated carbocycles. The zero-order valence-corrected chi connectivity index (χ0v) is 16.5. The van der Waals surface area contributed by atoms with Gasteiger partial charge in [0.25, 0.3) is 11.5 Å². The molecule has 0 aliphatic heterocycles. The van der Waals surface area contributed by atoms with Gasteiger partial charge in [-0.3, -0.25) is 19.1 Å². The van der Waals surface area contributed by atoms with Crippen LogP contribution < -0.4 is 21.9 Å². The van der Waals surface area contributed by atoms with Crippen LogP contribution >= 0.6 is 0 Å². The number of hydrogen-bond acceptors (Lipinski definition) is 5. The number of carbonyl (C=O) groups is 1. The van der Waals surface area contributed by atoms with E-state index in [1.165, 1.54) is 4.57 Å². The van der Waals surface area contributed by atoms with Crippen LogP contribution in [0.15, 0.2) is 15.7 Å². The summed E-state index contributed by atoms with van der Waals surface area (Å²) in [6, 6.07) is 1.65. The van der Waals surface area contributed by atoms with E-state index in [0.29, 0.717) is 31.7 Å². The number of amides is 1. The van der Waals surface area contributed by atoms with Gasteiger partial charge in [0.15, 0.2) is 5.65 Å². The maximum atomic E-state index is 12.8. The van der Waals surface area contributed by atoms with Crippen LogP contribution in [0, 0.1) is 0 Å². The van der Waals surface area contributed by atoms with Crippen LogP contribution in [-0.2, 0) is 6.54 Å². The Bertz CT molecular complexity index is 914. The normalized spacial score (nSPS) is 11.3. The molecule has 0 radical (unpaired) electrons. The van der Waals surface area contributed by atoms with Gasteiger partial charge in [0.05, 0.1) is 10.9 Å². The van der Waals surface area contributed by atoms with Crippen LogP contribution in [0.4, 0.5) is 0 Å². The molecule has 2 rings (SSSR count). The molecule has 0 spiro atoms. The monoisotopic (exact) mass is 375 g/mol. The second-order valence-electron chi connectivity index (χ2n) is 6.86. The van der Waals surface area contributed by atoms with E-state index in [4.69, 9.17) is 0 Å². The van der Waals surface area contributed by atoms with Crippen molar-refractivity contribution in [3.63, 3.8) is 0 Å². The highest BCUT2D eigenvalue weighted by Crippen LogP contribution is 2.19. The lowest BCUT2D eigenvalue weighted by Crippen LogP contribution is -2.35. The third-order valence-electron chi connectivity index (χ3n) is 4.27. The smallest absolute Gasteiger partial charge is 0.329 e. The molecule has 0 aromatic carbocycles. The Labute approximate surface area is 158 Å². The maximum absolute atomic E-state index is 12.8. The minimum Gasteiger partial charge on any atom is -0.351 e. The van der Waals surface area contributed by atoms with Crippen LogP contribution in [-0.4, -0.2) is 40.1 Å². The van der Waals surface area contributed by atoms with Gasteiger partial charge in [-0.15, -0.1) is 0 Å². The molecule has 0 saturated heterocycles. The molecule has 2 heterocycles. The van der Waals surface area contributed by atoms with Crippen LogP contribution in [0.2, 0.25) is 0 Å². The Hall–Kier alpha value is -2.48. The highest BCUT2D eigenvalue weighted by Gasteiger charge is 2.20. The van der Waals surface area contributed by atoms with E-state index in [1.807, 2.05) is 20.8 Å². The molecule has 148 valence electrons. The Kier molecular flexibility index (Phi) is 7.29. The SMILES string of the molecule is CCCNCCNC(=O)c1cc(C(C)C)nc2c1c(=O)[nH]c(=O)n2CCC. The third kappa shape index (κ3) is 4.82. The fraction of sp³-hybridized carbons (Fsp3) is 0.579. The average molecular weight is 375 g/mol. The van der Waals surface area contributed by atoms with E-state index in [0.717, 1.165) is 13.0 Å². The molecule has 0 atom stereocenters. The molecule has 0 unspecified atom stereocenters. The highest BCUT2D eigenvalue weighted by molar-refractivity contribution is 6.05. The number of H-pyrrole nitrogens is 1. The standard InChI is InChI=1S/C19H29N5O3/c1-5-7-20-8-9-21-17(25)13-11-14(12(3)4)22-16-15(13)18(26)23-19(27)24(16)10-6-2/h11-12,20H,5-10H2,1-4H3,(H,21,25)(H,23,26,27). The fourth-order valence-electron chi connectivity index (χ4n) is 2.86. The molecular formula is C19H29N5O3. The summed E-state index contributed by atoms with van der Waals surface area (Å²) in [5, 5.41) is 6.21. The summed E-state index contributed by atoms with van der Waals surface area (Å²) in [5.41, 5.74) is 0.111. The Morgan fingerprint density at radius 2 is 1.93 bits per heavy atom. The van der Waals surface area contributed by atoms with Crippen molar-refractivity contribution in [1.82, 2.24) is 25.2 Å². The summed E-state index contributed by atoms with van der Waals surface area (Å²) in [4.78, 5) is 44.3. The molecule has 8 nitrogen and oxygen atoms in total. The summed E-state index contributed by atoms with van der Waals surface area (Å²) < 4.78 is 1.43. The van der Waals surface area contributed by atoms with Crippen molar-refractivity contribution in [3.8, 4) is 0 Å². The van der Waals surface area contributed by atoms with Gasteiger partial charge in [0.2, 0.25) is 0 Å². The van der Waals surface area contributed by atoms with Crippen LogP contribution in [0.3, 0.4) is 0 Å². The van der Waals surface area contributed by atoms with Gasteiger partial charge in [-0.25, -0.2) is 9.78 Å². The largest absolute Gasteiger partial charge is 0.351 e. The van der Waals surface area contributed by atoms with Crippen molar-refractivity contribution < 1.29 is 4.79 Å². The van der Waals surface area contributed by atoms with Crippen LogP contribution in [0.25, 0.3) is 11.0 Å². The lowest BCUT2D eigenvalue weighted by molar-refractivity contribution is 0.0955. The fourth-order valence-corrected chi connectivity index (χ4v) is 2.86. The van der Waals surface area contributed by atoms with Gasteiger partial charge in [-0.1, -0.05) is 27.7 Å². The number of aromatic nitrogens is 3. The number of nitrogens with zero attached hydrogens (tertiary/aromatic N) is 2. The Morgan fingerprint density at radius 1 is 1.19 bits per heavy atom. The van der Waals surface area contributed by atoms with Crippen molar-refractivity contribution in [3.05, 3.63) is 38.2 Å². The molecular weight excluding hydrogens is 346 g/mol. The van der Waals surface area contributed by atoms with E-state index in [-0.39, 0.29) is 28.4 Å². The summed E-state index contributed by atoms with van der Waals surface area (Å²) >= 11 is 0. The van der Waals surface area contributed by atoms with Crippen LogP contribution in [0.1, 0.15) is 62.5 Å². The van der Waals surface area contributed by atoms with E-state index < -0.39 is 11.2 Å². The molecule has 0 bridgehead atoms. The van der Waals surface area contributed by atoms with E-state index in [1.54, 1.807) is 6.07 Å². The first-order valence-corrected chi connectivity index (χ1v) is 9.57. The molecule has 3 N–H and O–H groups in total. The highest BCUT2D eigenvalue weighted by atomic mass is 16.2. The summed E-state index contributed by atoms with van der Waals surface area (Å²) in [6.07, 6.45) is 1.73. The first-order valence-electron chi connectivity index (χ1n) is 9.57. The van der Waals surface area contributed by atoms with Crippen molar-refractivity contribution in [2.24, 2.45) is 0 Å². The first kappa shape index (κ1) is 20.8. The van der Waals surface area contributed by atoms with Gasteiger partial charge in [-0.05, 0) is 31.4 Å². The molecule has 2 aromatic rings. The molecule has 0 aliphatic rings. The van der Waals surface area contributed by atoms with Crippen molar-refractivity contribution in [2.75, 3.05) is 19.6 Å².